The molecule has 4 heteroatoms. The van der Waals surface area contributed by atoms with Gasteiger partial charge in [0.05, 0.1) is 17.2 Å². The Morgan fingerprint density at radius 1 is 1.05 bits per heavy atom. The lowest BCUT2D eigenvalue weighted by Gasteiger charge is -2.32. The molecule has 0 radical (unpaired) electrons. The summed E-state index contributed by atoms with van der Waals surface area (Å²) in [6.07, 6.45) is 4.75. The molecule has 1 atom stereocenters. The first-order valence-electron chi connectivity index (χ1n) is 7.52. The molecule has 0 spiro atoms. The molecule has 1 saturated heterocycles. The summed E-state index contributed by atoms with van der Waals surface area (Å²) in [5.74, 6) is 0. The van der Waals surface area contributed by atoms with Crippen LogP contribution in [0.15, 0.2) is 46.9 Å². The number of allylic oxidation sites excluding steroid dienone is 1. The highest BCUT2D eigenvalue weighted by molar-refractivity contribution is 6.55. The van der Waals surface area contributed by atoms with E-state index in [9.17, 15) is 0 Å². The van der Waals surface area contributed by atoms with Gasteiger partial charge in [0.1, 0.15) is 0 Å². The molecule has 0 aromatic heterocycles. The summed E-state index contributed by atoms with van der Waals surface area (Å²) in [4.78, 5) is 4.58. The molecule has 2 aliphatic rings. The fourth-order valence-electron chi connectivity index (χ4n) is 2.64. The lowest BCUT2D eigenvalue weighted by atomic mass is 9.73. The standard InChI is InChI=1S/C17H22BNO2/c1-16(2)17(3,4)21-18(20-16)14-10-11-19-15(12-14)13-8-6-5-7-9-13/h5-11,15H,12H2,1-4H3. The molecule has 2 aliphatic heterocycles. The zero-order valence-corrected chi connectivity index (χ0v) is 13.2. The van der Waals surface area contributed by atoms with E-state index in [0.29, 0.717) is 0 Å². The monoisotopic (exact) mass is 283 g/mol. The van der Waals surface area contributed by atoms with Gasteiger partial charge in [0.25, 0.3) is 0 Å². The van der Waals surface area contributed by atoms with Crippen molar-refractivity contribution >= 4 is 13.3 Å². The van der Waals surface area contributed by atoms with Crippen LogP contribution < -0.4 is 0 Å². The summed E-state index contributed by atoms with van der Waals surface area (Å²) in [7, 11) is -0.270. The third-order valence-electron chi connectivity index (χ3n) is 4.72. The van der Waals surface area contributed by atoms with E-state index in [1.54, 1.807) is 0 Å². The summed E-state index contributed by atoms with van der Waals surface area (Å²) in [5.41, 5.74) is 1.80. The number of aliphatic imine (C=N–C) groups is 1. The molecular weight excluding hydrogens is 261 g/mol. The Balaban J connectivity index is 1.77. The van der Waals surface area contributed by atoms with Crippen LogP contribution in [0.25, 0.3) is 0 Å². The minimum Gasteiger partial charge on any atom is -0.400 e. The summed E-state index contributed by atoms with van der Waals surface area (Å²) < 4.78 is 12.3. The maximum absolute atomic E-state index is 6.14. The van der Waals surface area contributed by atoms with Crippen LogP contribution in [0, 0.1) is 0 Å². The van der Waals surface area contributed by atoms with E-state index in [0.717, 1.165) is 11.9 Å². The zero-order valence-electron chi connectivity index (χ0n) is 13.2. The molecule has 1 aromatic rings. The molecule has 0 aliphatic carbocycles. The molecule has 0 saturated carbocycles. The number of hydrogen-bond acceptors (Lipinski definition) is 3. The Morgan fingerprint density at radius 2 is 1.67 bits per heavy atom. The normalized spacial score (nSPS) is 26.8. The van der Waals surface area contributed by atoms with E-state index < -0.39 is 0 Å². The van der Waals surface area contributed by atoms with Crippen molar-refractivity contribution in [2.75, 3.05) is 0 Å². The third-order valence-corrected chi connectivity index (χ3v) is 4.72. The second kappa shape index (κ2) is 5.11. The Hall–Kier alpha value is -1.39. The molecule has 1 aromatic carbocycles. The van der Waals surface area contributed by atoms with Crippen molar-refractivity contribution in [1.29, 1.82) is 0 Å². The summed E-state index contributed by atoms with van der Waals surface area (Å²) >= 11 is 0. The molecular formula is C17H22BNO2. The van der Waals surface area contributed by atoms with Crippen molar-refractivity contribution in [3.05, 3.63) is 47.4 Å². The van der Waals surface area contributed by atoms with Crippen molar-refractivity contribution in [1.82, 2.24) is 0 Å². The zero-order chi connectivity index (χ0) is 15.1. The molecule has 0 amide bonds. The highest BCUT2D eigenvalue weighted by atomic mass is 16.7. The van der Waals surface area contributed by atoms with Crippen molar-refractivity contribution < 1.29 is 9.31 Å². The molecule has 3 rings (SSSR count). The van der Waals surface area contributed by atoms with Crippen LogP contribution in [0.1, 0.15) is 45.7 Å². The first-order valence-corrected chi connectivity index (χ1v) is 7.52. The van der Waals surface area contributed by atoms with Gasteiger partial charge >= 0.3 is 7.12 Å². The van der Waals surface area contributed by atoms with Gasteiger partial charge in [0.2, 0.25) is 0 Å². The van der Waals surface area contributed by atoms with Crippen molar-refractivity contribution in [3.8, 4) is 0 Å². The van der Waals surface area contributed by atoms with E-state index in [4.69, 9.17) is 9.31 Å². The largest absolute Gasteiger partial charge is 0.490 e. The highest BCUT2D eigenvalue weighted by Crippen LogP contribution is 2.40. The minimum atomic E-state index is -0.296. The first-order chi connectivity index (χ1) is 9.89. The molecule has 1 fully saturated rings. The molecule has 110 valence electrons. The number of rotatable bonds is 2. The van der Waals surface area contributed by atoms with Gasteiger partial charge in [-0.25, -0.2) is 0 Å². The van der Waals surface area contributed by atoms with E-state index in [-0.39, 0.29) is 24.4 Å². The van der Waals surface area contributed by atoms with Crippen molar-refractivity contribution in [2.24, 2.45) is 4.99 Å². The van der Waals surface area contributed by atoms with Crippen LogP contribution in [0.3, 0.4) is 0 Å². The van der Waals surface area contributed by atoms with Crippen LogP contribution in [-0.2, 0) is 9.31 Å². The molecule has 1 unspecified atom stereocenters. The fourth-order valence-corrected chi connectivity index (χ4v) is 2.64. The van der Waals surface area contributed by atoms with Gasteiger partial charge < -0.3 is 9.31 Å². The van der Waals surface area contributed by atoms with Crippen LogP contribution in [0.2, 0.25) is 0 Å². The van der Waals surface area contributed by atoms with Crippen LogP contribution in [0.5, 0.6) is 0 Å². The maximum Gasteiger partial charge on any atom is 0.490 e. The van der Waals surface area contributed by atoms with Gasteiger partial charge in [-0.1, -0.05) is 30.3 Å². The average Bonchev–Trinajstić information content (AvgIpc) is 2.69. The van der Waals surface area contributed by atoms with Gasteiger partial charge in [-0.3, -0.25) is 4.99 Å². The van der Waals surface area contributed by atoms with Crippen LogP contribution in [0.4, 0.5) is 0 Å². The van der Waals surface area contributed by atoms with E-state index in [1.165, 1.54) is 5.56 Å². The highest BCUT2D eigenvalue weighted by Gasteiger charge is 2.52. The van der Waals surface area contributed by atoms with E-state index in [1.807, 2.05) is 18.4 Å². The predicted octanol–water partition coefficient (Wildman–Crippen LogP) is 3.76. The fraction of sp³-hybridized carbons (Fsp3) is 0.471. The molecule has 2 heterocycles. The Kier molecular flexibility index (Phi) is 3.54. The van der Waals surface area contributed by atoms with Gasteiger partial charge in [-0.15, -0.1) is 0 Å². The molecule has 3 nitrogen and oxygen atoms in total. The topological polar surface area (TPSA) is 30.8 Å². The number of benzene rings is 1. The SMILES string of the molecule is CC1(C)OB(C2=CC=NC(c3ccccc3)C2)OC1(C)C. The van der Waals surface area contributed by atoms with Crippen molar-refractivity contribution in [3.63, 3.8) is 0 Å². The third kappa shape index (κ3) is 2.70. The van der Waals surface area contributed by atoms with E-state index >= 15 is 0 Å². The van der Waals surface area contributed by atoms with Gasteiger partial charge in [0, 0.05) is 6.21 Å². The summed E-state index contributed by atoms with van der Waals surface area (Å²) in [5, 5.41) is 0. The number of dihydropyridines is 1. The Labute approximate surface area is 127 Å². The second-order valence-electron chi connectivity index (χ2n) is 6.76. The van der Waals surface area contributed by atoms with Gasteiger partial charge in [0.15, 0.2) is 0 Å². The summed E-state index contributed by atoms with van der Waals surface area (Å²) in [6.45, 7) is 8.33. The number of hydrogen-bond donors (Lipinski definition) is 0. The Bertz CT molecular complexity index is 562. The van der Waals surface area contributed by atoms with Crippen molar-refractivity contribution in [2.45, 2.75) is 51.4 Å². The van der Waals surface area contributed by atoms with Gasteiger partial charge in [-0.05, 0) is 51.2 Å². The van der Waals surface area contributed by atoms with E-state index in [2.05, 4.69) is 57.0 Å². The van der Waals surface area contributed by atoms with Crippen LogP contribution in [-0.4, -0.2) is 24.5 Å². The first kappa shape index (κ1) is 14.5. The number of nitrogens with zero attached hydrogens (tertiary/aromatic N) is 1. The molecule has 21 heavy (non-hydrogen) atoms. The van der Waals surface area contributed by atoms with Gasteiger partial charge in [-0.2, -0.15) is 0 Å². The minimum absolute atomic E-state index is 0.158. The summed E-state index contributed by atoms with van der Waals surface area (Å²) in [6, 6.07) is 10.5. The second-order valence-corrected chi connectivity index (χ2v) is 6.76. The smallest absolute Gasteiger partial charge is 0.400 e. The lowest BCUT2D eigenvalue weighted by molar-refractivity contribution is 0.00578. The maximum atomic E-state index is 6.14. The van der Waals surface area contributed by atoms with Crippen LogP contribution >= 0.6 is 0 Å². The predicted molar refractivity (Wildman–Crippen MR) is 86.5 cm³/mol. The average molecular weight is 283 g/mol. The molecule has 0 bridgehead atoms. The Morgan fingerprint density at radius 3 is 2.29 bits per heavy atom. The molecule has 0 N–H and O–H groups in total. The quantitative estimate of drug-likeness (QED) is 0.774. The lowest BCUT2D eigenvalue weighted by Crippen LogP contribution is -2.41.